The minimum Gasteiger partial charge on any atom is -0.389 e. The Morgan fingerprint density at radius 1 is 2.00 bits per heavy atom. The maximum absolute atomic E-state index is 7.70. The third-order valence-electron chi connectivity index (χ3n) is 0.220. The van der Waals surface area contributed by atoms with Gasteiger partial charge >= 0.3 is 0 Å². The fourth-order valence-corrected chi connectivity index (χ4v) is 0.0779. The average Bonchev–Trinajstić information content (AvgIpc) is 1.35. The smallest absolute Gasteiger partial charge is 0.117 e. The van der Waals surface area contributed by atoms with Gasteiger partial charge in [0, 0.05) is 0 Å². The van der Waals surface area contributed by atoms with Crippen LogP contribution in [0.1, 0.15) is 6.92 Å². The zero-order valence-electron chi connectivity index (χ0n) is 3.56. The molecule has 0 saturated heterocycles. The van der Waals surface area contributed by atoms with Crippen molar-refractivity contribution >= 4 is 0 Å². The van der Waals surface area contributed by atoms with Crippen LogP contribution in [0.4, 0.5) is 0 Å². The van der Waals surface area contributed by atoms with E-state index in [9.17, 15) is 0 Å². The van der Waals surface area contributed by atoms with Crippen molar-refractivity contribution in [3.63, 3.8) is 0 Å². The molecule has 2 N–H and O–H groups in total. The number of nitrogens with one attached hydrogen (secondary N) is 1. The third-order valence-corrected chi connectivity index (χ3v) is 0.220. The summed E-state index contributed by atoms with van der Waals surface area (Å²) in [5.41, 5.74) is 1.47. The van der Waals surface area contributed by atoms with Crippen molar-refractivity contribution in [1.82, 2.24) is 5.64 Å². The molecule has 6 heavy (non-hydrogen) atoms. The molecule has 0 spiro atoms. The van der Waals surface area contributed by atoms with E-state index in [0.29, 0.717) is 5.76 Å². The van der Waals surface area contributed by atoms with Crippen molar-refractivity contribution in [3.8, 4) is 0 Å². The van der Waals surface area contributed by atoms with Crippen molar-refractivity contribution in [2.75, 3.05) is 0 Å². The lowest BCUT2D eigenvalue weighted by molar-refractivity contribution is -0.0912. The van der Waals surface area contributed by atoms with Crippen LogP contribution in [0.3, 0.4) is 0 Å². The average molecular weight is 89.1 g/mol. The van der Waals surface area contributed by atoms with Crippen LogP contribution in [-0.4, -0.2) is 5.21 Å². The molecule has 0 aromatic rings. The van der Waals surface area contributed by atoms with Gasteiger partial charge < -0.3 is 4.84 Å². The summed E-state index contributed by atoms with van der Waals surface area (Å²) < 4.78 is 0. The fourth-order valence-electron chi connectivity index (χ4n) is 0.0779. The van der Waals surface area contributed by atoms with E-state index in [4.69, 9.17) is 5.21 Å². The largest absolute Gasteiger partial charge is 0.389 e. The Morgan fingerprint density at radius 2 is 2.50 bits per heavy atom. The minimum atomic E-state index is 0.428. The molecule has 3 nitrogen and oxygen atoms in total. The predicted molar refractivity (Wildman–Crippen MR) is 20.8 cm³/mol. The quantitative estimate of drug-likeness (QED) is 0.381. The molecule has 0 aliphatic carbocycles. The highest BCUT2D eigenvalue weighted by molar-refractivity contribution is 4.70. The lowest BCUT2D eigenvalue weighted by Crippen LogP contribution is -2.04. The maximum Gasteiger partial charge on any atom is 0.117 e. The van der Waals surface area contributed by atoms with Gasteiger partial charge in [-0.05, 0) is 12.6 Å². The van der Waals surface area contributed by atoms with Gasteiger partial charge in [-0.1, -0.05) is 6.58 Å². The first-order valence-electron chi connectivity index (χ1n) is 1.49. The van der Waals surface area contributed by atoms with Crippen LogP contribution in [0.5, 0.6) is 0 Å². The molecule has 0 amide bonds. The maximum atomic E-state index is 7.70. The predicted octanol–water partition coefficient (Wildman–Crippen LogP) is 0.430. The van der Waals surface area contributed by atoms with Crippen molar-refractivity contribution in [2.45, 2.75) is 6.92 Å². The van der Waals surface area contributed by atoms with E-state index in [1.54, 1.807) is 6.92 Å². The van der Waals surface area contributed by atoms with Gasteiger partial charge in [0.25, 0.3) is 0 Å². The Labute approximate surface area is 36.1 Å². The van der Waals surface area contributed by atoms with Gasteiger partial charge in [-0.25, -0.2) is 0 Å². The lowest BCUT2D eigenvalue weighted by atomic mass is 10.7. The lowest BCUT2D eigenvalue weighted by Gasteiger charge is -1.94. The molecule has 0 aliphatic rings. The zero-order valence-corrected chi connectivity index (χ0v) is 3.56. The molecule has 0 aromatic heterocycles. The van der Waals surface area contributed by atoms with Crippen molar-refractivity contribution in [2.24, 2.45) is 0 Å². The van der Waals surface area contributed by atoms with Crippen molar-refractivity contribution < 1.29 is 10.0 Å². The van der Waals surface area contributed by atoms with Gasteiger partial charge in [0.2, 0.25) is 0 Å². The molecule has 36 valence electrons. The zero-order chi connectivity index (χ0) is 4.99. The first-order chi connectivity index (χ1) is 2.77. The Kier molecular flexibility index (Phi) is 2.44. The second-order valence-electron chi connectivity index (χ2n) is 0.895. The van der Waals surface area contributed by atoms with Crippen LogP contribution in [0.2, 0.25) is 0 Å². The van der Waals surface area contributed by atoms with Crippen LogP contribution in [-0.2, 0) is 4.84 Å². The molecular formula is C3H7NO2. The van der Waals surface area contributed by atoms with E-state index < -0.39 is 0 Å². The first-order valence-corrected chi connectivity index (χ1v) is 1.49. The van der Waals surface area contributed by atoms with E-state index in [1.807, 2.05) is 0 Å². The number of hydrogen-bond donors (Lipinski definition) is 2. The van der Waals surface area contributed by atoms with Crippen LogP contribution < -0.4 is 5.64 Å². The molecule has 3 heteroatoms. The highest BCUT2D eigenvalue weighted by atomic mass is 16.8. The summed E-state index contributed by atoms with van der Waals surface area (Å²) in [6, 6.07) is 0. The van der Waals surface area contributed by atoms with Gasteiger partial charge in [0.1, 0.15) is 5.76 Å². The molecule has 0 rings (SSSR count). The summed E-state index contributed by atoms with van der Waals surface area (Å²) in [6.07, 6.45) is 0. The molecule has 0 aliphatic heterocycles. The molecule has 0 aromatic carbocycles. The van der Waals surface area contributed by atoms with Gasteiger partial charge in [-0.3, -0.25) is 5.21 Å². The third kappa shape index (κ3) is 3.46. The van der Waals surface area contributed by atoms with Gasteiger partial charge in [0.15, 0.2) is 0 Å². The van der Waals surface area contributed by atoms with Crippen LogP contribution >= 0.6 is 0 Å². The Bertz CT molecular complexity index is 52.8. The van der Waals surface area contributed by atoms with Gasteiger partial charge in [0.05, 0.1) is 0 Å². The molecule has 0 atom stereocenters. The molecule has 0 heterocycles. The standard InChI is InChI=1S/C3H7NO2/c1-3(2)6-4-5/h4-5H,1H2,2H3. The first kappa shape index (κ1) is 5.46. The monoisotopic (exact) mass is 89.0 g/mol. The van der Waals surface area contributed by atoms with E-state index in [-0.39, 0.29) is 0 Å². The van der Waals surface area contributed by atoms with Crippen LogP contribution in [0.25, 0.3) is 0 Å². The summed E-state index contributed by atoms with van der Waals surface area (Å²) in [5, 5.41) is 7.70. The summed E-state index contributed by atoms with van der Waals surface area (Å²) >= 11 is 0. The van der Waals surface area contributed by atoms with E-state index in [0.717, 1.165) is 0 Å². The Morgan fingerprint density at radius 3 is 2.50 bits per heavy atom. The Balaban J connectivity index is 2.83. The summed E-state index contributed by atoms with van der Waals surface area (Å²) in [6.45, 7) is 4.91. The molecular weight excluding hydrogens is 82.0 g/mol. The number of rotatable bonds is 2. The Hall–Kier alpha value is -0.540. The van der Waals surface area contributed by atoms with Crippen molar-refractivity contribution in [1.29, 1.82) is 0 Å². The second kappa shape index (κ2) is 2.68. The molecule has 0 radical (unpaired) electrons. The summed E-state index contributed by atoms with van der Waals surface area (Å²) in [5.74, 6) is 0.428. The highest BCUT2D eigenvalue weighted by Gasteiger charge is 1.73. The summed E-state index contributed by atoms with van der Waals surface area (Å²) in [4.78, 5) is 4.15. The molecule has 0 fully saturated rings. The SMILES string of the molecule is C=C(C)ONO. The van der Waals surface area contributed by atoms with Crippen LogP contribution in [0, 0.1) is 0 Å². The van der Waals surface area contributed by atoms with Crippen LogP contribution in [0.15, 0.2) is 12.3 Å². The fraction of sp³-hybridized carbons (Fsp3) is 0.333. The van der Waals surface area contributed by atoms with E-state index >= 15 is 0 Å². The summed E-state index contributed by atoms with van der Waals surface area (Å²) in [7, 11) is 0. The highest BCUT2D eigenvalue weighted by Crippen LogP contribution is 1.80. The second-order valence-corrected chi connectivity index (χ2v) is 0.895. The van der Waals surface area contributed by atoms with Gasteiger partial charge in [-0.2, -0.15) is 0 Å². The van der Waals surface area contributed by atoms with Gasteiger partial charge in [-0.15, -0.1) is 0 Å². The minimum absolute atomic E-state index is 0.428. The molecule has 0 bridgehead atoms. The molecule has 0 saturated carbocycles. The normalized spacial score (nSPS) is 7.67. The topological polar surface area (TPSA) is 41.5 Å². The number of hydrogen-bond acceptors (Lipinski definition) is 3. The van der Waals surface area contributed by atoms with Crippen molar-refractivity contribution in [3.05, 3.63) is 12.3 Å². The van der Waals surface area contributed by atoms with E-state index in [2.05, 4.69) is 11.4 Å². The number of allylic oxidation sites excluding steroid dienone is 1. The van der Waals surface area contributed by atoms with E-state index in [1.165, 1.54) is 5.64 Å². The molecule has 0 unspecified atom stereocenters.